The zero-order valence-corrected chi connectivity index (χ0v) is 10.5. The second-order valence-corrected chi connectivity index (χ2v) is 4.24. The molecule has 0 spiro atoms. The van der Waals surface area contributed by atoms with Gasteiger partial charge in [-0.3, -0.25) is 0 Å². The summed E-state index contributed by atoms with van der Waals surface area (Å²) in [6.45, 7) is 0. The smallest absolute Gasteiger partial charge is 0.323 e. The molecule has 0 aliphatic carbocycles. The summed E-state index contributed by atoms with van der Waals surface area (Å²) in [6.07, 6.45) is 0. The number of nitrogens with one attached hydrogen (secondary N) is 2. The van der Waals surface area contributed by atoms with Gasteiger partial charge in [0.15, 0.2) is 0 Å². The van der Waals surface area contributed by atoms with Crippen LogP contribution in [0.2, 0.25) is 5.02 Å². The Labute approximate surface area is 114 Å². The zero-order valence-electron chi connectivity index (χ0n) is 9.78. The third-order valence-electron chi connectivity index (χ3n) is 2.35. The Morgan fingerprint density at radius 1 is 1.05 bits per heavy atom. The molecule has 4 N–H and O–H groups in total. The molecule has 2 rings (SSSR count). The summed E-state index contributed by atoms with van der Waals surface area (Å²) in [5.41, 5.74) is 7.03. The molecule has 4 nitrogen and oxygen atoms in total. The number of rotatable bonds is 2. The molecule has 2 aromatic rings. The molecule has 0 fully saturated rings. The van der Waals surface area contributed by atoms with Gasteiger partial charge in [0.25, 0.3) is 0 Å². The van der Waals surface area contributed by atoms with Crippen LogP contribution >= 0.6 is 11.6 Å². The van der Waals surface area contributed by atoms with Gasteiger partial charge in [0.1, 0.15) is 5.82 Å². The number of anilines is 3. The van der Waals surface area contributed by atoms with Crippen molar-refractivity contribution in [2.75, 3.05) is 16.4 Å². The molecule has 0 heterocycles. The van der Waals surface area contributed by atoms with E-state index in [1.54, 1.807) is 24.3 Å². The van der Waals surface area contributed by atoms with Crippen LogP contribution in [0.15, 0.2) is 42.5 Å². The summed E-state index contributed by atoms with van der Waals surface area (Å²) >= 11 is 5.55. The van der Waals surface area contributed by atoms with Crippen LogP contribution in [0.4, 0.5) is 26.2 Å². The van der Waals surface area contributed by atoms with E-state index in [1.807, 2.05) is 0 Å². The average Bonchev–Trinajstić information content (AvgIpc) is 2.37. The number of halogens is 2. The summed E-state index contributed by atoms with van der Waals surface area (Å²) in [4.78, 5) is 11.7. The third-order valence-corrected chi connectivity index (χ3v) is 2.65. The SMILES string of the molecule is Nc1ccc(NC(=O)Nc2ccc(Cl)c(F)c2)cc1. The molecule has 2 aromatic carbocycles. The number of urea groups is 1. The number of hydrogen-bond acceptors (Lipinski definition) is 2. The predicted octanol–water partition coefficient (Wildman–Crippen LogP) is 3.71. The molecule has 98 valence electrons. The fourth-order valence-electron chi connectivity index (χ4n) is 1.43. The Balaban J connectivity index is 2.01. The number of carbonyl (C=O) groups excluding carboxylic acids is 1. The van der Waals surface area contributed by atoms with Crippen LogP contribution in [-0.2, 0) is 0 Å². The first-order valence-electron chi connectivity index (χ1n) is 5.43. The number of carbonyl (C=O) groups is 1. The van der Waals surface area contributed by atoms with E-state index < -0.39 is 11.8 Å². The van der Waals surface area contributed by atoms with Crippen molar-refractivity contribution in [3.05, 3.63) is 53.3 Å². The molecule has 0 atom stereocenters. The summed E-state index contributed by atoms with van der Waals surface area (Å²) in [5, 5.41) is 5.09. The lowest BCUT2D eigenvalue weighted by Gasteiger charge is -2.08. The van der Waals surface area contributed by atoms with Crippen molar-refractivity contribution >= 4 is 34.7 Å². The molecule has 0 radical (unpaired) electrons. The minimum absolute atomic E-state index is 0.00416. The van der Waals surface area contributed by atoms with Gasteiger partial charge in [0, 0.05) is 17.1 Å². The van der Waals surface area contributed by atoms with Gasteiger partial charge < -0.3 is 16.4 Å². The average molecular weight is 280 g/mol. The highest BCUT2D eigenvalue weighted by molar-refractivity contribution is 6.30. The van der Waals surface area contributed by atoms with Crippen LogP contribution in [0.1, 0.15) is 0 Å². The van der Waals surface area contributed by atoms with Gasteiger partial charge in [-0.05, 0) is 42.5 Å². The normalized spacial score (nSPS) is 10.0. The highest BCUT2D eigenvalue weighted by Gasteiger charge is 2.05. The Morgan fingerprint density at radius 2 is 1.63 bits per heavy atom. The van der Waals surface area contributed by atoms with Crippen molar-refractivity contribution < 1.29 is 9.18 Å². The van der Waals surface area contributed by atoms with E-state index >= 15 is 0 Å². The minimum Gasteiger partial charge on any atom is -0.399 e. The summed E-state index contributed by atoms with van der Waals surface area (Å²) in [7, 11) is 0. The second kappa shape index (κ2) is 5.58. The molecule has 0 saturated carbocycles. The maximum atomic E-state index is 13.2. The highest BCUT2D eigenvalue weighted by Crippen LogP contribution is 2.19. The molecule has 0 saturated heterocycles. The fourth-order valence-corrected chi connectivity index (χ4v) is 1.55. The molecular weight excluding hydrogens is 269 g/mol. The van der Waals surface area contributed by atoms with E-state index in [-0.39, 0.29) is 5.02 Å². The van der Waals surface area contributed by atoms with E-state index in [0.29, 0.717) is 17.1 Å². The maximum Gasteiger partial charge on any atom is 0.323 e. The molecular formula is C13H11ClFN3O. The first kappa shape index (κ1) is 13.2. The second-order valence-electron chi connectivity index (χ2n) is 3.83. The topological polar surface area (TPSA) is 67.1 Å². The molecule has 19 heavy (non-hydrogen) atoms. The number of benzene rings is 2. The van der Waals surface area contributed by atoms with Crippen molar-refractivity contribution in [2.24, 2.45) is 0 Å². The van der Waals surface area contributed by atoms with E-state index in [4.69, 9.17) is 17.3 Å². The van der Waals surface area contributed by atoms with Crippen molar-refractivity contribution in [1.29, 1.82) is 0 Å². The van der Waals surface area contributed by atoms with Crippen LogP contribution < -0.4 is 16.4 Å². The summed E-state index contributed by atoms with van der Waals surface area (Å²) in [6, 6.07) is 10.2. The first-order chi connectivity index (χ1) is 9.04. The Morgan fingerprint density at radius 3 is 2.26 bits per heavy atom. The van der Waals surface area contributed by atoms with E-state index in [9.17, 15) is 9.18 Å². The molecule has 0 aromatic heterocycles. The van der Waals surface area contributed by atoms with Gasteiger partial charge in [-0.2, -0.15) is 0 Å². The van der Waals surface area contributed by atoms with Gasteiger partial charge in [-0.25, -0.2) is 9.18 Å². The predicted molar refractivity (Wildman–Crippen MR) is 74.9 cm³/mol. The van der Waals surface area contributed by atoms with Crippen LogP contribution in [0.3, 0.4) is 0 Å². The highest BCUT2D eigenvalue weighted by atomic mass is 35.5. The van der Waals surface area contributed by atoms with Gasteiger partial charge in [0.05, 0.1) is 5.02 Å². The third kappa shape index (κ3) is 3.59. The van der Waals surface area contributed by atoms with E-state index in [2.05, 4.69) is 10.6 Å². The van der Waals surface area contributed by atoms with Gasteiger partial charge in [-0.15, -0.1) is 0 Å². The van der Waals surface area contributed by atoms with Gasteiger partial charge >= 0.3 is 6.03 Å². The van der Waals surface area contributed by atoms with Crippen molar-refractivity contribution in [1.82, 2.24) is 0 Å². The molecule has 0 aliphatic rings. The summed E-state index contributed by atoms with van der Waals surface area (Å²) in [5.74, 6) is -0.591. The van der Waals surface area contributed by atoms with Crippen LogP contribution in [-0.4, -0.2) is 6.03 Å². The zero-order chi connectivity index (χ0) is 13.8. The molecule has 2 amide bonds. The van der Waals surface area contributed by atoms with E-state index in [1.165, 1.54) is 12.1 Å². The molecule has 0 bridgehead atoms. The Hall–Kier alpha value is -2.27. The largest absolute Gasteiger partial charge is 0.399 e. The van der Waals surface area contributed by atoms with Gasteiger partial charge in [0.2, 0.25) is 0 Å². The maximum absolute atomic E-state index is 13.2. The molecule has 0 aliphatic heterocycles. The number of nitrogen functional groups attached to an aromatic ring is 1. The Kier molecular flexibility index (Phi) is 3.87. The fraction of sp³-hybridized carbons (Fsp3) is 0. The first-order valence-corrected chi connectivity index (χ1v) is 5.81. The Bertz CT molecular complexity index is 601. The van der Waals surface area contributed by atoms with Crippen LogP contribution in [0.5, 0.6) is 0 Å². The summed E-state index contributed by atoms with van der Waals surface area (Å²) < 4.78 is 13.2. The monoisotopic (exact) mass is 279 g/mol. The van der Waals surface area contributed by atoms with E-state index in [0.717, 1.165) is 6.07 Å². The van der Waals surface area contributed by atoms with Crippen LogP contribution in [0, 0.1) is 5.82 Å². The number of hydrogen-bond donors (Lipinski definition) is 3. The molecule has 0 unspecified atom stereocenters. The van der Waals surface area contributed by atoms with Crippen LogP contribution in [0.25, 0.3) is 0 Å². The van der Waals surface area contributed by atoms with Gasteiger partial charge in [-0.1, -0.05) is 11.6 Å². The standard InChI is InChI=1S/C13H11ClFN3O/c14-11-6-5-10(7-12(11)15)18-13(19)17-9-3-1-8(16)2-4-9/h1-7H,16H2,(H2,17,18,19). The lowest BCUT2D eigenvalue weighted by molar-refractivity contribution is 0.262. The van der Waals surface area contributed by atoms with Crippen molar-refractivity contribution in [3.8, 4) is 0 Å². The minimum atomic E-state index is -0.591. The lowest BCUT2D eigenvalue weighted by Crippen LogP contribution is -2.19. The van der Waals surface area contributed by atoms with Crippen molar-refractivity contribution in [2.45, 2.75) is 0 Å². The quantitative estimate of drug-likeness (QED) is 0.734. The lowest BCUT2D eigenvalue weighted by atomic mass is 10.3. The number of nitrogens with two attached hydrogens (primary N) is 1. The number of amides is 2. The molecule has 6 heteroatoms. The van der Waals surface area contributed by atoms with Crippen molar-refractivity contribution in [3.63, 3.8) is 0 Å².